The van der Waals surface area contributed by atoms with Gasteiger partial charge < -0.3 is 24.8 Å². The lowest BCUT2D eigenvalue weighted by atomic mass is 10.2. The number of hydrogen-bond acceptors (Lipinski definition) is 5. The molecule has 0 bridgehead atoms. The van der Waals surface area contributed by atoms with E-state index in [0.717, 1.165) is 0 Å². The average Bonchev–Trinajstić information content (AvgIpc) is 2.37. The number of methoxy groups -OCH3 is 2. The van der Waals surface area contributed by atoms with E-state index in [4.69, 9.17) is 5.11 Å². The first-order valence-corrected chi connectivity index (χ1v) is 5.65. The van der Waals surface area contributed by atoms with Crippen LogP contribution in [0.15, 0.2) is 0 Å². The normalized spacial score (nSPS) is 13.3. The molecule has 8 heteroatoms. The summed E-state index contributed by atoms with van der Waals surface area (Å²) < 4.78 is 9.22. The molecule has 8 nitrogen and oxygen atoms in total. The van der Waals surface area contributed by atoms with Crippen molar-refractivity contribution in [1.29, 1.82) is 0 Å². The van der Waals surface area contributed by atoms with E-state index in [0.29, 0.717) is 0 Å². The van der Waals surface area contributed by atoms with Crippen molar-refractivity contribution in [1.82, 2.24) is 10.2 Å². The zero-order valence-corrected chi connectivity index (χ0v) is 11.5. The third kappa shape index (κ3) is 6.05. The summed E-state index contributed by atoms with van der Waals surface area (Å²) in [5, 5.41) is 11.1. The first-order chi connectivity index (χ1) is 8.83. The zero-order valence-electron chi connectivity index (χ0n) is 11.5. The lowest BCUT2D eigenvalue weighted by Gasteiger charge is -2.21. The Bertz CT molecular complexity index is 333. The van der Waals surface area contributed by atoms with E-state index in [1.807, 2.05) is 0 Å². The van der Waals surface area contributed by atoms with Gasteiger partial charge in [0.2, 0.25) is 0 Å². The van der Waals surface area contributed by atoms with Crippen molar-refractivity contribution >= 4 is 18.0 Å². The molecule has 0 aromatic carbocycles. The number of hydrogen-bond donors (Lipinski definition) is 2. The number of carboxylic acid groups (broad SMARTS) is 1. The number of urea groups is 1. The van der Waals surface area contributed by atoms with Crippen LogP contribution in [0.3, 0.4) is 0 Å². The van der Waals surface area contributed by atoms with E-state index in [2.05, 4.69) is 14.8 Å². The van der Waals surface area contributed by atoms with Crippen LogP contribution >= 0.6 is 0 Å². The Hall–Kier alpha value is -1.83. The van der Waals surface area contributed by atoms with Gasteiger partial charge in [-0.3, -0.25) is 4.79 Å². The lowest BCUT2D eigenvalue weighted by molar-refractivity contribution is -0.148. The topological polar surface area (TPSA) is 105 Å². The van der Waals surface area contributed by atoms with Gasteiger partial charge in [0.05, 0.1) is 19.6 Å². The summed E-state index contributed by atoms with van der Waals surface area (Å²) in [6.07, 6.45) is -1.10. The number of nitrogens with zero attached hydrogens (tertiary/aromatic N) is 1. The van der Waals surface area contributed by atoms with Crippen LogP contribution in [0.1, 0.15) is 6.92 Å². The van der Waals surface area contributed by atoms with Crippen molar-refractivity contribution in [3.8, 4) is 0 Å². The fourth-order valence-electron chi connectivity index (χ4n) is 1.36. The monoisotopic (exact) mass is 276 g/mol. The third-order valence-electron chi connectivity index (χ3n) is 2.50. The van der Waals surface area contributed by atoms with Crippen molar-refractivity contribution in [2.24, 2.45) is 5.92 Å². The molecule has 2 N–H and O–H groups in total. The smallest absolute Gasteiger partial charge is 0.334 e. The molecule has 2 atom stereocenters. The van der Waals surface area contributed by atoms with Crippen LogP contribution in [0, 0.1) is 5.92 Å². The molecular formula is C11H20N2O6. The Morgan fingerprint density at radius 3 is 2.32 bits per heavy atom. The molecule has 0 radical (unpaired) electrons. The van der Waals surface area contributed by atoms with Gasteiger partial charge in [-0.05, 0) is 0 Å². The summed E-state index contributed by atoms with van der Waals surface area (Å²) in [5.41, 5.74) is 0. The van der Waals surface area contributed by atoms with Gasteiger partial charge in [-0.1, -0.05) is 6.92 Å². The number of esters is 1. The number of carbonyl (C=O) groups excluding carboxylic acids is 2. The van der Waals surface area contributed by atoms with E-state index >= 15 is 0 Å². The summed E-state index contributed by atoms with van der Waals surface area (Å²) in [5.74, 6) is -2.04. The summed E-state index contributed by atoms with van der Waals surface area (Å²) >= 11 is 0. The molecule has 110 valence electrons. The van der Waals surface area contributed by atoms with Gasteiger partial charge in [0, 0.05) is 20.7 Å². The lowest BCUT2D eigenvalue weighted by Crippen LogP contribution is -2.45. The minimum Gasteiger partial charge on any atom is -0.479 e. The molecule has 0 aliphatic rings. The number of nitrogens with one attached hydrogen (secondary N) is 1. The highest BCUT2D eigenvalue weighted by molar-refractivity contribution is 5.78. The molecule has 0 saturated carbocycles. The SMILES string of the molecule is COC(=O)C(C)CN(C)C(=O)NCC(OC)C(=O)O. The van der Waals surface area contributed by atoms with E-state index in [-0.39, 0.29) is 13.1 Å². The fraction of sp³-hybridized carbons (Fsp3) is 0.727. The van der Waals surface area contributed by atoms with Gasteiger partial charge in [-0.2, -0.15) is 0 Å². The predicted molar refractivity (Wildman–Crippen MR) is 65.6 cm³/mol. The van der Waals surface area contributed by atoms with Crippen molar-refractivity contribution in [2.45, 2.75) is 13.0 Å². The van der Waals surface area contributed by atoms with Gasteiger partial charge in [-0.25, -0.2) is 9.59 Å². The number of amides is 2. The summed E-state index contributed by atoms with van der Waals surface area (Å²) in [6, 6.07) is -0.487. The maximum absolute atomic E-state index is 11.6. The van der Waals surface area contributed by atoms with E-state index in [1.165, 1.54) is 26.2 Å². The second-order valence-electron chi connectivity index (χ2n) is 4.05. The molecule has 0 spiro atoms. The molecule has 2 unspecified atom stereocenters. The number of ether oxygens (including phenoxy) is 2. The van der Waals surface area contributed by atoms with Crippen LogP contribution in [0.25, 0.3) is 0 Å². The first kappa shape index (κ1) is 17.2. The van der Waals surface area contributed by atoms with Gasteiger partial charge in [0.15, 0.2) is 6.10 Å². The fourth-order valence-corrected chi connectivity index (χ4v) is 1.36. The first-order valence-electron chi connectivity index (χ1n) is 5.65. The molecule has 0 aromatic heterocycles. The van der Waals surface area contributed by atoms with Crippen LogP contribution in [0.2, 0.25) is 0 Å². The van der Waals surface area contributed by atoms with Crippen LogP contribution in [-0.4, -0.2) is 68.4 Å². The van der Waals surface area contributed by atoms with Crippen molar-refractivity contribution in [3.05, 3.63) is 0 Å². The molecular weight excluding hydrogens is 256 g/mol. The van der Waals surface area contributed by atoms with Crippen molar-refractivity contribution < 1.29 is 29.0 Å². The molecule has 0 fully saturated rings. The molecule has 19 heavy (non-hydrogen) atoms. The maximum atomic E-state index is 11.6. The van der Waals surface area contributed by atoms with Crippen LogP contribution in [-0.2, 0) is 19.1 Å². The van der Waals surface area contributed by atoms with Crippen LogP contribution < -0.4 is 5.32 Å². The molecule has 0 aromatic rings. The summed E-state index contributed by atoms with van der Waals surface area (Å²) in [4.78, 5) is 34.8. The largest absolute Gasteiger partial charge is 0.479 e. The zero-order chi connectivity index (χ0) is 15.0. The highest BCUT2D eigenvalue weighted by Gasteiger charge is 2.21. The van der Waals surface area contributed by atoms with E-state index in [9.17, 15) is 14.4 Å². The molecule has 0 aliphatic heterocycles. The van der Waals surface area contributed by atoms with Gasteiger partial charge in [0.1, 0.15) is 0 Å². The molecule has 0 aliphatic carbocycles. The van der Waals surface area contributed by atoms with E-state index < -0.39 is 30.0 Å². The minimum absolute atomic E-state index is 0.151. The second-order valence-corrected chi connectivity index (χ2v) is 4.05. The summed E-state index contributed by atoms with van der Waals surface area (Å²) in [6.45, 7) is 1.65. The minimum atomic E-state index is -1.16. The van der Waals surface area contributed by atoms with Crippen molar-refractivity contribution in [2.75, 3.05) is 34.4 Å². The van der Waals surface area contributed by atoms with Gasteiger partial charge in [0.25, 0.3) is 0 Å². The quantitative estimate of drug-likeness (QED) is 0.609. The number of rotatable bonds is 7. The Morgan fingerprint density at radius 1 is 1.32 bits per heavy atom. The molecule has 0 rings (SSSR count). The Balaban J connectivity index is 4.20. The van der Waals surface area contributed by atoms with Crippen molar-refractivity contribution in [3.63, 3.8) is 0 Å². The second kappa shape index (κ2) is 8.30. The molecule has 0 saturated heterocycles. The summed E-state index contributed by atoms with van der Waals surface area (Å²) in [7, 11) is 4.01. The standard InChI is InChI=1S/C11H20N2O6/c1-7(10(16)19-4)6-13(2)11(17)12-5-8(18-3)9(14)15/h7-8H,5-6H2,1-4H3,(H,12,17)(H,14,15). The van der Waals surface area contributed by atoms with Gasteiger partial charge >= 0.3 is 18.0 Å². The number of carboxylic acids is 1. The maximum Gasteiger partial charge on any atom is 0.334 e. The molecule has 0 heterocycles. The third-order valence-corrected chi connectivity index (χ3v) is 2.50. The highest BCUT2D eigenvalue weighted by Crippen LogP contribution is 2.01. The average molecular weight is 276 g/mol. The van der Waals surface area contributed by atoms with E-state index in [1.54, 1.807) is 6.92 Å². The molecule has 2 amide bonds. The number of carbonyl (C=O) groups is 3. The van der Waals surface area contributed by atoms with Gasteiger partial charge in [-0.15, -0.1) is 0 Å². The Kier molecular flexibility index (Phi) is 7.50. The Labute approximate surface area is 111 Å². The van der Waals surface area contributed by atoms with Crippen LogP contribution in [0.4, 0.5) is 4.79 Å². The predicted octanol–water partition coefficient (Wildman–Crippen LogP) is -0.463. The Morgan fingerprint density at radius 2 is 1.89 bits per heavy atom. The highest BCUT2D eigenvalue weighted by atomic mass is 16.5. The number of aliphatic carboxylic acids is 1. The van der Waals surface area contributed by atoms with Crippen LogP contribution in [0.5, 0.6) is 0 Å².